The lowest BCUT2D eigenvalue weighted by molar-refractivity contribution is 0.0725. The van der Waals surface area contributed by atoms with E-state index in [1.807, 2.05) is 17.0 Å². The summed E-state index contributed by atoms with van der Waals surface area (Å²) in [5.74, 6) is -0.0463. The number of nitrogens with two attached hydrogens (primary N) is 1. The summed E-state index contributed by atoms with van der Waals surface area (Å²) < 4.78 is 2.58. The summed E-state index contributed by atoms with van der Waals surface area (Å²) in [4.78, 5) is 14.7. The number of aryl methyl sites for hydroxylation is 1. The van der Waals surface area contributed by atoms with Gasteiger partial charge in [-0.1, -0.05) is 28.1 Å². The maximum atomic E-state index is 12.8. The zero-order chi connectivity index (χ0) is 15.0. The van der Waals surface area contributed by atoms with Gasteiger partial charge in [0.15, 0.2) is 0 Å². The molecule has 2 aromatic rings. The average Bonchev–Trinajstić information content (AvgIpc) is 3.05. The molecule has 1 aromatic heterocycles. The minimum Gasteiger partial charge on any atom is -0.396 e. The molecule has 0 bridgehead atoms. The number of likely N-dealkylation sites (tertiary alicyclic amines) is 1. The van der Waals surface area contributed by atoms with Crippen molar-refractivity contribution in [2.24, 2.45) is 7.05 Å². The van der Waals surface area contributed by atoms with Crippen LogP contribution in [0.1, 0.15) is 34.9 Å². The monoisotopic (exact) mass is 348 g/mol. The van der Waals surface area contributed by atoms with Crippen LogP contribution in [0.4, 0.5) is 5.69 Å². The number of aromatic nitrogens is 2. The molecule has 1 aliphatic heterocycles. The van der Waals surface area contributed by atoms with E-state index in [2.05, 4.69) is 33.2 Å². The number of halogens is 1. The Morgan fingerprint density at radius 3 is 2.95 bits per heavy atom. The molecular formula is C15H17BrN4O. The van der Waals surface area contributed by atoms with E-state index in [0.717, 1.165) is 29.4 Å². The SMILES string of the molecule is Cn1ncc(N)c1C(=O)N1CCCC1c1cccc(Br)c1. The molecular weight excluding hydrogens is 332 g/mol. The van der Waals surface area contributed by atoms with Gasteiger partial charge in [-0.25, -0.2) is 0 Å². The van der Waals surface area contributed by atoms with Gasteiger partial charge in [0.05, 0.1) is 17.9 Å². The summed E-state index contributed by atoms with van der Waals surface area (Å²) in [6.45, 7) is 0.751. The summed E-state index contributed by atoms with van der Waals surface area (Å²) >= 11 is 3.49. The van der Waals surface area contributed by atoms with Crippen molar-refractivity contribution in [1.29, 1.82) is 0 Å². The number of benzene rings is 1. The molecule has 1 unspecified atom stereocenters. The normalized spacial score (nSPS) is 18.2. The van der Waals surface area contributed by atoms with Crippen LogP contribution in [-0.4, -0.2) is 27.1 Å². The first-order valence-corrected chi connectivity index (χ1v) is 7.71. The molecule has 2 N–H and O–H groups in total. The van der Waals surface area contributed by atoms with E-state index in [9.17, 15) is 4.79 Å². The van der Waals surface area contributed by atoms with E-state index in [0.29, 0.717) is 11.4 Å². The quantitative estimate of drug-likeness (QED) is 0.907. The molecule has 21 heavy (non-hydrogen) atoms. The van der Waals surface area contributed by atoms with Crippen LogP contribution in [0.2, 0.25) is 0 Å². The first-order valence-electron chi connectivity index (χ1n) is 6.92. The number of rotatable bonds is 2. The maximum absolute atomic E-state index is 12.8. The predicted molar refractivity (Wildman–Crippen MR) is 84.8 cm³/mol. The number of hydrogen-bond acceptors (Lipinski definition) is 3. The second-order valence-electron chi connectivity index (χ2n) is 5.28. The molecule has 2 heterocycles. The van der Waals surface area contributed by atoms with Gasteiger partial charge in [-0.2, -0.15) is 5.10 Å². The summed E-state index contributed by atoms with van der Waals surface area (Å²) in [6.07, 6.45) is 3.50. The number of hydrogen-bond donors (Lipinski definition) is 1. The lowest BCUT2D eigenvalue weighted by atomic mass is 10.0. The van der Waals surface area contributed by atoms with E-state index < -0.39 is 0 Å². The predicted octanol–water partition coefficient (Wildman–Crippen LogP) is 2.74. The molecule has 6 heteroatoms. The number of carbonyl (C=O) groups excluding carboxylic acids is 1. The first-order chi connectivity index (χ1) is 10.1. The molecule has 1 fully saturated rings. The van der Waals surface area contributed by atoms with Crippen molar-refractivity contribution in [1.82, 2.24) is 14.7 Å². The maximum Gasteiger partial charge on any atom is 0.274 e. The highest BCUT2D eigenvalue weighted by Crippen LogP contribution is 2.34. The Labute approximate surface area is 131 Å². The van der Waals surface area contributed by atoms with Crippen molar-refractivity contribution in [2.75, 3.05) is 12.3 Å². The van der Waals surface area contributed by atoms with Crippen LogP contribution in [0.5, 0.6) is 0 Å². The fourth-order valence-corrected chi connectivity index (χ4v) is 3.34. The van der Waals surface area contributed by atoms with Crippen molar-refractivity contribution in [3.63, 3.8) is 0 Å². The smallest absolute Gasteiger partial charge is 0.274 e. The molecule has 1 atom stereocenters. The van der Waals surface area contributed by atoms with Gasteiger partial charge in [-0.3, -0.25) is 9.48 Å². The Kier molecular flexibility index (Phi) is 3.71. The fraction of sp³-hybridized carbons (Fsp3) is 0.333. The van der Waals surface area contributed by atoms with E-state index >= 15 is 0 Å². The van der Waals surface area contributed by atoms with Gasteiger partial charge < -0.3 is 10.6 Å². The first kappa shape index (κ1) is 14.1. The van der Waals surface area contributed by atoms with Crippen molar-refractivity contribution in [3.05, 3.63) is 46.2 Å². The van der Waals surface area contributed by atoms with Crippen LogP contribution >= 0.6 is 15.9 Å². The largest absolute Gasteiger partial charge is 0.396 e. The summed E-state index contributed by atoms with van der Waals surface area (Å²) in [6, 6.07) is 8.23. The van der Waals surface area contributed by atoms with Gasteiger partial charge in [-0.15, -0.1) is 0 Å². The van der Waals surface area contributed by atoms with Gasteiger partial charge >= 0.3 is 0 Å². The molecule has 0 spiro atoms. The molecule has 0 aliphatic carbocycles. The van der Waals surface area contributed by atoms with Crippen LogP contribution in [0.15, 0.2) is 34.9 Å². The van der Waals surface area contributed by atoms with Gasteiger partial charge in [0.25, 0.3) is 5.91 Å². The topological polar surface area (TPSA) is 64.2 Å². The molecule has 1 amide bonds. The van der Waals surface area contributed by atoms with Crippen LogP contribution in [-0.2, 0) is 7.05 Å². The minimum absolute atomic E-state index is 0.0463. The number of nitrogen functional groups attached to an aromatic ring is 1. The standard InChI is InChI=1S/C15H17BrN4O/c1-19-14(12(17)9-18-19)15(21)20-7-3-6-13(20)10-4-2-5-11(16)8-10/h2,4-5,8-9,13H,3,6-7,17H2,1H3. The third-order valence-corrected chi connectivity index (χ3v) is 4.41. The summed E-state index contributed by atoms with van der Waals surface area (Å²) in [5, 5.41) is 4.06. The number of anilines is 1. The second kappa shape index (κ2) is 5.52. The molecule has 0 saturated carbocycles. The highest BCUT2D eigenvalue weighted by molar-refractivity contribution is 9.10. The fourth-order valence-electron chi connectivity index (χ4n) is 2.92. The lowest BCUT2D eigenvalue weighted by Gasteiger charge is -2.25. The van der Waals surface area contributed by atoms with Crippen molar-refractivity contribution < 1.29 is 4.79 Å². The number of amides is 1. The Balaban J connectivity index is 1.93. The number of carbonyl (C=O) groups is 1. The van der Waals surface area contributed by atoms with Gasteiger partial charge in [0.2, 0.25) is 0 Å². The van der Waals surface area contributed by atoms with E-state index in [4.69, 9.17) is 5.73 Å². The molecule has 3 rings (SSSR count). The second-order valence-corrected chi connectivity index (χ2v) is 6.20. The van der Waals surface area contributed by atoms with Gasteiger partial charge in [0, 0.05) is 18.1 Å². The highest BCUT2D eigenvalue weighted by atomic mass is 79.9. The third kappa shape index (κ3) is 2.55. The molecule has 1 saturated heterocycles. The van der Waals surface area contributed by atoms with Crippen molar-refractivity contribution in [3.8, 4) is 0 Å². The Hall–Kier alpha value is -1.82. The van der Waals surface area contributed by atoms with Crippen molar-refractivity contribution >= 4 is 27.5 Å². The summed E-state index contributed by atoms with van der Waals surface area (Å²) in [7, 11) is 1.74. The minimum atomic E-state index is -0.0463. The van der Waals surface area contributed by atoms with Crippen LogP contribution < -0.4 is 5.73 Å². The number of nitrogens with zero attached hydrogens (tertiary/aromatic N) is 3. The average molecular weight is 349 g/mol. The molecule has 5 nitrogen and oxygen atoms in total. The van der Waals surface area contributed by atoms with E-state index in [1.165, 1.54) is 6.20 Å². The summed E-state index contributed by atoms with van der Waals surface area (Å²) in [5.41, 5.74) is 7.93. The third-order valence-electron chi connectivity index (χ3n) is 3.92. The molecule has 0 radical (unpaired) electrons. The van der Waals surface area contributed by atoms with Gasteiger partial charge in [0.1, 0.15) is 5.69 Å². The zero-order valence-electron chi connectivity index (χ0n) is 11.8. The van der Waals surface area contributed by atoms with Crippen molar-refractivity contribution in [2.45, 2.75) is 18.9 Å². The zero-order valence-corrected chi connectivity index (χ0v) is 13.4. The lowest BCUT2D eigenvalue weighted by Crippen LogP contribution is -2.32. The van der Waals surface area contributed by atoms with Crippen LogP contribution in [0, 0.1) is 0 Å². The van der Waals surface area contributed by atoms with Gasteiger partial charge in [-0.05, 0) is 30.5 Å². The molecule has 1 aromatic carbocycles. The Morgan fingerprint density at radius 2 is 2.29 bits per heavy atom. The molecule has 110 valence electrons. The Bertz CT molecular complexity index is 663. The van der Waals surface area contributed by atoms with Crippen LogP contribution in [0.25, 0.3) is 0 Å². The van der Waals surface area contributed by atoms with E-state index in [-0.39, 0.29) is 11.9 Å². The highest BCUT2D eigenvalue weighted by Gasteiger charge is 2.32. The Morgan fingerprint density at radius 1 is 1.48 bits per heavy atom. The molecule has 1 aliphatic rings. The van der Waals surface area contributed by atoms with Crippen LogP contribution in [0.3, 0.4) is 0 Å². The van der Waals surface area contributed by atoms with E-state index in [1.54, 1.807) is 11.7 Å².